The number of benzene rings is 2. The highest BCUT2D eigenvalue weighted by atomic mass is 35.5. The second-order valence-electron chi connectivity index (χ2n) is 8.52. The molecule has 0 saturated carbocycles. The molecule has 0 aliphatic rings. The van der Waals surface area contributed by atoms with Gasteiger partial charge in [0.1, 0.15) is 5.82 Å². The van der Waals surface area contributed by atoms with Crippen molar-refractivity contribution in [2.45, 2.75) is 38.0 Å². The van der Waals surface area contributed by atoms with Crippen molar-refractivity contribution in [2.24, 2.45) is 0 Å². The number of amides is 1. The third-order valence-electron chi connectivity index (χ3n) is 4.82. The molecule has 0 spiro atoms. The van der Waals surface area contributed by atoms with Gasteiger partial charge in [0.05, 0.1) is 18.0 Å². The first kappa shape index (κ1) is 23.1. The van der Waals surface area contributed by atoms with Crippen LogP contribution in [0.15, 0.2) is 70.3 Å². The summed E-state index contributed by atoms with van der Waals surface area (Å²) in [5.41, 5.74) is 2.64. The van der Waals surface area contributed by atoms with E-state index in [1.807, 2.05) is 41.1 Å². The summed E-state index contributed by atoms with van der Waals surface area (Å²) in [4.78, 5) is 12.7. The Labute approximate surface area is 201 Å². The fourth-order valence-corrected chi connectivity index (χ4v) is 3.73. The van der Waals surface area contributed by atoms with E-state index >= 15 is 0 Å². The molecule has 0 unspecified atom stereocenters. The smallest absolute Gasteiger partial charge is 0.277 e. The molecule has 9 heteroatoms. The van der Waals surface area contributed by atoms with E-state index in [1.165, 1.54) is 11.8 Å². The highest BCUT2D eigenvalue weighted by Crippen LogP contribution is 2.26. The number of halogens is 1. The van der Waals surface area contributed by atoms with Crippen molar-refractivity contribution in [3.8, 4) is 11.5 Å². The van der Waals surface area contributed by atoms with Crippen LogP contribution in [0.2, 0.25) is 5.02 Å². The van der Waals surface area contributed by atoms with Gasteiger partial charge >= 0.3 is 0 Å². The van der Waals surface area contributed by atoms with Gasteiger partial charge in [-0.1, -0.05) is 74.5 Å². The highest BCUT2D eigenvalue weighted by Gasteiger charge is 2.21. The predicted molar refractivity (Wildman–Crippen MR) is 131 cm³/mol. The van der Waals surface area contributed by atoms with Crippen molar-refractivity contribution < 1.29 is 9.21 Å². The van der Waals surface area contributed by atoms with Crippen LogP contribution in [0.3, 0.4) is 0 Å². The zero-order valence-electron chi connectivity index (χ0n) is 18.6. The number of rotatable bonds is 7. The van der Waals surface area contributed by atoms with Crippen LogP contribution in [0, 0.1) is 0 Å². The molecule has 170 valence electrons. The number of hydrogen-bond donors (Lipinski definition) is 1. The molecule has 0 aliphatic carbocycles. The number of anilines is 1. The third-order valence-corrected chi connectivity index (χ3v) is 5.89. The Kier molecular flexibility index (Phi) is 6.85. The fraction of sp³-hybridized carbons (Fsp3) is 0.250. The van der Waals surface area contributed by atoms with Crippen molar-refractivity contribution >= 4 is 35.1 Å². The van der Waals surface area contributed by atoms with Crippen LogP contribution in [0.25, 0.3) is 11.5 Å². The van der Waals surface area contributed by atoms with Crippen LogP contribution >= 0.6 is 23.4 Å². The average molecular weight is 482 g/mol. The Morgan fingerprint density at radius 1 is 1.09 bits per heavy atom. The molecule has 0 bridgehead atoms. The molecule has 7 nitrogen and oxygen atoms in total. The number of nitrogens with one attached hydrogen (secondary N) is 1. The van der Waals surface area contributed by atoms with Gasteiger partial charge in [-0.2, -0.15) is 5.10 Å². The molecule has 2 aromatic carbocycles. The first-order chi connectivity index (χ1) is 15.8. The first-order valence-electron chi connectivity index (χ1n) is 10.4. The molecular formula is C24H24ClN5O2S. The van der Waals surface area contributed by atoms with E-state index < -0.39 is 0 Å². The number of aromatic nitrogens is 4. The number of carbonyl (C=O) groups excluding carboxylic acids is 1. The Morgan fingerprint density at radius 2 is 1.82 bits per heavy atom. The Hall–Kier alpha value is -3.10. The number of thioether (sulfide) groups is 1. The minimum atomic E-state index is -0.180. The summed E-state index contributed by atoms with van der Waals surface area (Å²) in [6.45, 7) is 6.85. The molecule has 1 amide bonds. The molecule has 0 radical (unpaired) electrons. The van der Waals surface area contributed by atoms with E-state index in [2.05, 4.69) is 36.3 Å². The van der Waals surface area contributed by atoms with Crippen molar-refractivity contribution in [1.82, 2.24) is 20.0 Å². The maximum absolute atomic E-state index is 12.7. The molecule has 2 aromatic heterocycles. The lowest BCUT2D eigenvalue weighted by molar-refractivity contribution is -0.113. The van der Waals surface area contributed by atoms with Crippen molar-refractivity contribution in [3.63, 3.8) is 0 Å². The van der Waals surface area contributed by atoms with E-state index in [0.29, 0.717) is 28.5 Å². The van der Waals surface area contributed by atoms with Crippen LogP contribution in [0.1, 0.15) is 32.0 Å². The molecule has 4 aromatic rings. The van der Waals surface area contributed by atoms with E-state index in [-0.39, 0.29) is 17.1 Å². The SMILES string of the molecule is CC(C)(C)c1cc(NC(=O)CSc2nnc(-c3ccc(Cl)cc3)o2)n(Cc2ccccc2)n1. The number of hydrogen-bond acceptors (Lipinski definition) is 6. The third kappa shape index (κ3) is 6.03. The quantitative estimate of drug-likeness (QED) is 0.342. The van der Waals surface area contributed by atoms with Crippen LogP contribution in [0.4, 0.5) is 5.82 Å². The van der Waals surface area contributed by atoms with Gasteiger partial charge in [0.25, 0.3) is 5.22 Å². The van der Waals surface area contributed by atoms with Crippen LogP contribution in [-0.2, 0) is 16.8 Å². The Morgan fingerprint density at radius 3 is 2.52 bits per heavy atom. The monoisotopic (exact) mass is 481 g/mol. The van der Waals surface area contributed by atoms with Crippen LogP contribution in [0.5, 0.6) is 0 Å². The van der Waals surface area contributed by atoms with Gasteiger partial charge < -0.3 is 9.73 Å². The minimum Gasteiger partial charge on any atom is -0.411 e. The zero-order valence-corrected chi connectivity index (χ0v) is 20.2. The first-order valence-corrected chi connectivity index (χ1v) is 11.8. The normalized spacial score (nSPS) is 11.5. The molecule has 0 saturated heterocycles. The molecule has 1 N–H and O–H groups in total. The molecule has 0 atom stereocenters. The van der Waals surface area contributed by atoms with Crippen LogP contribution < -0.4 is 5.32 Å². The van der Waals surface area contributed by atoms with Crippen molar-refractivity contribution in [3.05, 3.63) is 76.9 Å². The number of nitrogens with zero attached hydrogens (tertiary/aromatic N) is 4. The maximum atomic E-state index is 12.7. The van der Waals surface area contributed by atoms with Gasteiger partial charge in [0, 0.05) is 22.1 Å². The summed E-state index contributed by atoms with van der Waals surface area (Å²) in [6, 6.07) is 19.1. The van der Waals surface area contributed by atoms with Gasteiger partial charge in [-0.15, -0.1) is 10.2 Å². The summed E-state index contributed by atoms with van der Waals surface area (Å²) in [7, 11) is 0. The minimum absolute atomic E-state index is 0.129. The van der Waals surface area contributed by atoms with E-state index in [9.17, 15) is 4.79 Å². The highest BCUT2D eigenvalue weighted by molar-refractivity contribution is 7.99. The van der Waals surface area contributed by atoms with Crippen molar-refractivity contribution in [1.29, 1.82) is 0 Å². The van der Waals surface area contributed by atoms with Gasteiger partial charge in [-0.05, 0) is 29.8 Å². The standard InChI is InChI=1S/C24H24ClN5O2S/c1-24(2,3)19-13-20(30(29-19)14-16-7-5-4-6-8-16)26-21(31)15-33-23-28-27-22(32-23)17-9-11-18(25)12-10-17/h4-13H,14-15H2,1-3H3,(H,26,31). The number of carbonyl (C=O) groups is 1. The lowest BCUT2D eigenvalue weighted by atomic mass is 9.92. The second kappa shape index (κ2) is 9.80. The molecule has 4 rings (SSSR count). The Balaban J connectivity index is 1.42. The lowest BCUT2D eigenvalue weighted by Gasteiger charge is -2.14. The van der Waals surface area contributed by atoms with Gasteiger partial charge in [0.15, 0.2) is 0 Å². The summed E-state index contributed by atoms with van der Waals surface area (Å²) in [5, 5.41) is 16.7. The Bertz CT molecular complexity index is 1230. The fourth-order valence-electron chi connectivity index (χ4n) is 3.04. The van der Waals surface area contributed by atoms with E-state index in [1.54, 1.807) is 24.3 Å². The molecule has 2 heterocycles. The summed E-state index contributed by atoms with van der Waals surface area (Å²) in [6.07, 6.45) is 0. The molecular weight excluding hydrogens is 458 g/mol. The summed E-state index contributed by atoms with van der Waals surface area (Å²) < 4.78 is 7.49. The largest absolute Gasteiger partial charge is 0.411 e. The second-order valence-corrected chi connectivity index (χ2v) is 9.89. The van der Waals surface area contributed by atoms with E-state index in [0.717, 1.165) is 16.8 Å². The molecule has 0 fully saturated rings. The lowest BCUT2D eigenvalue weighted by Crippen LogP contribution is -2.18. The summed E-state index contributed by atoms with van der Waals surface area (Å²) in [5.74, 6) is 0.983. The van der Waals surface area contributed by atoms with Gasteiger partial charge in [-0.25, -0.2) is 4.68 Å². The molecule has 33 heavy (non-hydrogen) atoms. The van der Waals surface area contributed by atoms with Gasteiger partial charge in [-0.3, -0.25) is 4.79 Å². The van der Waals surface area contributed by atoms with Crippen LogP contribution in [-0.4, -0.2) is 31.6 Å². The topological polar surface area (TPSA) is 85.8 Å². The van der Waals surface area contributed by atoms with E-state index in [4.69, 9.17) is 21.1 Å². The van der Waals surface area contributed by atoms with Gasteiger partial charge in [0.2, 0.25) is 11.8 Å². The van der Waals surface area contributed by atoms with Crippen molar-refractivity contribution in [2.75, 3.05) is 11.1 Å². The zero-order chi connectivity index (χ0) is 23.4. The summed E-state index contributed by atoms with van der Waals surface area (Å²) >= 11 is 7.10. The maximum Gasteiger partial charge on any atom is 0.277 e. The average Bonchev–Trinajstić information content (AvgIpc) is 3.41. The molecule has 0 aliphatic heterocycles. The predicted octanol–water partition coefficient (Wildman–Crippen LogP) is 5.66.